The fourth-order valence-electron chi connectivity index (χ4n) is 6.67. The van der Waals surface area contributed by atoms with Crippen LogP contribution in [-0.4, -0.2) is 99.3 Å². The fourth-order valence-corrected chi connectivity index (χ4v) is 7.45. The molecule has 5 heterocycles. The Bertz CT molecular complexity index is 1940. The molecule has 12 nitrogen and oxygen atoms in total. The highest BCUT2D eigenvalue weighted by Gasteiger charge is 2.33. The lowest BCUT2D eigenvalue weighted by Gasteiger charge is -2.33. The summed E-state index contributed by atoms with van der Waals surface area (Å²) < 4.78 is 70.7. The van der Waals surface area contributed by atoms with Crippen molar-refractivity contribution in [3.8, 4) is 11.3 Å². The number of alkyl halides is 3. The lowest BCUT2D eigenvalue weighted by molar-refractivity contribution is -0.137. The van der Waals surface area contributed by atoms with Crippen LogP contribution in [0.2, 0.25) is 0 Å². The highest BCUT2D eigenvalue weighted by atomic mass is 32.2. The Balaban J connectivity index is 1.17. The highest BCUT2D eigenvalue weighted by molar-refractivity contribution is 7.88. The maximum absolute atomic E-state index is 13.2. The molecule has 0 bridgehead atoms. The topological polar surface area (TPSA) is 122 Å². The molecule has 254 valence electrons. The first kappa shape index (κ1) is 33.2. The number of aromatic nitrogens is 5. The van der Waals surface area contributed by atoms with Crippen molar-refractivity contribution in [2.24, 2.45) is 7.05 Å². The number of rotatable bonds is 8. The lowest BCUT2D eigenvalue weighted by atomic mass is 10.0. The number of piperidine rings is 1. The molecule has 47 heavy (non-hydrogen) atoms. The number of aryl methyl sites for hydroxylation is 1. The van der Waals surface area contributed by atoms with Crippen LogP contribution in [0.3, 0.4) is 0 Å². The molecule has 2 aliphatic rings. The predicted molar refractivity (Wildman–Crippen MR) is 172 cm³/mol. The molecule has 0 unspecified atom stereocenters. The first-order valence-corrected chi connectivity index (χ1v) is 17.3. The fraction of sp³-hybridized carbons (Fsp3) is 0.516. The number of benzene rings is 1. The van der Waals surface area contributed by atoms with Gasteiger partial charge in [0.1, 0.15) is 5.82 Å². The molecule has 0 aliphatic carbocycles. The summed E-state index contributed by atoms with van der Waals surface area (Å²) in [6.07, 6.45) is -2.40. The van der Waals surface area contributed by atoms with Crippen LogP contribution >= 0.6 is 0 Å². The molecule has 0 amide bonds. The van der Waals surface area contributed by atoms with Gasteiger partial charge in [-0.05, 0) is 37.1 Å². The first-order valence-electron chi connectivity index (χ1n) is 15.5. The van der Waals surface area contributed by atoms with Crippen molar-refractivity contribution in [3.63, 3.8) is 0 Å². The summed E-state index contributed by atoms with van der Waals surface area (Å²) >= 11 is 0. The standard InChI is InChI=1S/C31H39F3N8O4S/c1-37(2)27-10-9-26-29(35-27)42(30(44)38(26)3)22-11-14-39(15-12-22)17-23(43)18-41-25-13-16-40(47(4,45)46)19-24(25)28(36-41)20-5-7-21(8-6-20)31(32,33)34/h5-10,22-23,43H,11-19H2,1-4H3/t23-/m0/s1. The lowest BCUT2D eigenvalue weighted by Crippen LogP contribution is -2.42. The van der Waals surface area contributed by atoms with Gasteiger partial charge in [0.15, 0.2) is 5.65 Å². The molecule has 2 aliphatic heterocycles. The van der Waals surface area contributed by atoms with Gasteiger partial charge in [-0.15, -0.1) is 0 Å². The summed E-state index contributed by atoms with van der Waals surface area (Å²) in [5.74, 6) is 0.767. The minimum Gasteiger partial charge on any atom is -0.390 e. The number of imidazole rings is 1. The number of hydrogen-bond acceptors (Lipinski definition) is 8. The molecular formula is C31H39F3N8O4S. The van der Waals surface area contributed by atoms with Gasteiger partial charge in [0.05, 0.1) is 35.7 Å². The second-order valence-electron chi connectivity index (χ2n) is 12.7. The average molecular weight is 677 g/mol. The van der Waals surface area contributed by atoms with Gasteiger partial charge in [-0.2, -0.15) is 22.6 Å². The van der Waals surface area contributed by atoms with Crippen LogP contribution in [0.15, 0.2) is 41.2 Å². The molecule has 4 aromatic rings. The Kier molecular flexibility index (Phi) is 8.74. The molecule has 0 saturated carbocycles. The van der Waals surface area contributed by atoms with Gasteiger partial charge in [-0.1, -0.05) is 12.1 Å². The van der Waals surface area contributed by atoms with E-state index in [2.05, 4.69) is 4.90 Å². The monoisotopic (exact) mass is 676 g/mol. The zero-order valence-corrected chi connectivity index (χ0v) is 27.6. The molecule has 1 N–H and O–H groups in total. The largest absolute Gasteiger partial charge is 0.416 e. The van der Waals surface area contributed by atoms with Crippen molar-refractivity contribution < 1.29 is 26.7 Å². The number of halogens is 3. The van der Waals surface area contributed by atoms with Gasteiger partial charge in [0.25, 0.3) is 0 Å². The number of aliphatic hydroxyl groups is 1. The third kappa shape index (κ3) is 6.55. The molecule has 1 saturated heterocycles. The van der Waals surface area contributed by atoms with E-state index >= 15 is 0 Å². The number of nitrogens with zero attached hydrogens (tertiary/aromatic N) is 8. The maximum Gasteiger partial charge on any atom is 0.416 e. The average Bonchev–Trinajstić information content (AvgIpc) is 3.50. The van der Waals surface area contributed by atoms with Crippen LogP contribution in [0, 0.1) is 0 Å². The third-order valence-electron chi connectivity index (χ3n) is 9.21. The van der Waals surface area contributed by atoms with Gasteiger partial charge in [0.2, 0.25) is 10.0 Å². The SMILES string of the molecule is CN(C)c1ccc2c(n1)n(C1CCN(C[C@H](O)Cn3nc(-c4ccc(C(F)(F)F)cc4)c4c3CCN(S(C)(=O)=O)C4)CC1)c(=O)n2C. The Hall–Kier alpha value is -3.73. The number of aliphatic hydroxyl groups excluding tert-OH is 1. The molecule has 1 aromatic carbocycles. The van der Waals surface area contributed by atoms with Crippen LogP contribution in [0.5, 0.6) is 0 Å². The van der Waals surface area contributed by atoms with E-state index in [0.717, 1.165) is 35.4 Å². The van der Waals surface area contributed by atoms with Gasteiger partial charge in [-0.3, -0.25) is 13.8 Å². The number of anilines is 1. The van der Waals surface area contributed by atoms with Crippen molar-refractivity contribution >= 4 is 27.0 Å². The molecule has 16 heteroatoms. The van der Waals surface area contributed by atoms with E-state index < -0.39 is 27.9 Å². The van der Waals surface area contributed by atoms with E-state index in [1.54, 1.807) is 20.9 Å². The number of pyridine rings is 1. The summed E-state index contributed by atoms with van der Waals surface area (Å²) in [4.78, 5) is 22.0. The smallest absolute Gasteiger partial charge is 0.390 e. The Morgan fingerprint density at radius 2 is 1.72 bits per heavy atom. The first-order chi connectivity index (χ1) is 22.1. The number of fused-ring (bicyclic) bond motifs is 2. The van der Waals surface area contributed by atoms with Crippen LogP contribution in [0.1, 0.15) is 35.7 Å². The Morgan fingerprint density at radius 3 is 2.34 bits per heavy atom. The minimum absolute atomic E-state index is 0.0354. The van der Waals surface area contributed by atoms with Crippen LogP contribution in [0.4, 0.5) is 19.0 Å². The van der Waals surface area contributed by atoms with Crippen LogP contribution < -0.4 is 10.6 Å². The molecule has 1 atom stereocenters. The van der Waals surface area contributed by atoms with Crippen molar-refractivity contribution in [3.05, 3.63) is 63.7 Å². The Labute approximate surface area is 270 Å². The Morgan fingerprint density at radius 1 is 1.04 bits per heavy atom. The van der Waals surface area contributed by atoms with Gasteiger partial charge >= 0.3 is 11.9 Å². The third-order valence-corrected chi connectivity index (χ3v) is 10.5. The van der Waals surface area contributed by atoms with Crippen molar-refractivity contribution in [2.75, 3.05) is 51.4 Å². The zero-order valence-electron chi connectivity index (χ0n) is 26.8. The normalized spacial score (nSPS) is 17.7. The summed E-state index contributed by atoms with van der Waals surface area (Å²) in [6.45, 7) is 2.12. The van der Waals surface area contributed by atoms with Crippen LogP contribution in [0.25, 0.3) is 22.4 Å². The molecule has 0 radical (unpaired) electrons. The summed E-state index contributed by atoms with van der Waals surface area (Å²) in [5.41, 5.74) is 2.77. The molecule has 6 rings (SSSR count). The van der Waals surface area contributed by atoms with Crippen molar-refractivity contribution in [1.82, 2.24) is 33.1 Å². The zero-order chi connectivity index (χ0) is 33.8. The second-order valence-corrected chi connectivity index (χ2v) is 14.7. The number of sulfonamides is 1. The quantitative estimate of drug-likeness (QED) is 0.303. The molecule has 3 aromatic heterocycles. The summed E-state index contributed by atoms with van der Waals surface area (Å²) in [7, 11) is 2.05. The maximum atomic E-state index is 13.2. The van der Waals surface area contributed by atoms with Gasteiger partial charge < -0.3 is 14.9 Å². The van der Waals surface area contributed by atoms with E-state index in [1.807, 2.05) is 31.1 Å². The minimum atomic E-state index is -4.49. The number of hydrogen-bond donors (Lipinski definition) is 1. The van der Waals surface area contributed by atoms with E-state index in [4.69, 9.17) is 10.1 Å². The molecule has 0 spiro atoms. The molecular weight excluding hydrogens is 637 g/mol. The summed E-state index contributed by atoms with van der Waals surface area (Å²) in [6, 6.07) is 8.42. The van der Waals surface area contributed by atoms with E-state index in [-0.39, 0.29) is 31.4 Å². The van der Waals surface area contributed by atoms with E-state index in [9.17, 15) is 31.5 Å². The van der Waals surface area contributed by atoms with Gasteiger partial charge in [0, 0.05) is 83.2 Å². The highest BCUT2D eigenvalue weighted by Crippen LogP contribution is 2.34. The van der Waals surface area contributed by atoms with Crippen molar-refractivity contribution in [1.29, 1.82) is 0 Å². The summed E-state index contributed by atoms with van der Waals surface area (Å²) in [5, 5.41) is 15.9. The number of β-amino-alcohol motifs (C(OH)–C–C–N with tert-alkyl or cyclic N) is 1. The van der Waals surface area contributed by atoms with Crippen molar-refractivity contribution in [2.45, 2.75) is 50.7 Å². The predicted octanol–water partition coefficient (Wildman–Crippen LogP) is 2.70. The van der Waals surface area contributed by atoms with Gasteiger partial charge in [-0.25, -0.2) is 18.2 Å². The second kappa shape index (κ2) is 12.4. The molecule has 1 fully saturated rings. The number of likely N-dealkylation sites (tertiary alicyclic amines) is 1. The van der Waals surface area contributed by atoms with E-state index in [1.165, 1.54) is 16.4 Å². The van der Waals surface area contributed by atoms with E-state index in [0.29, 0.717) is 61.4 Å². The van der Waals surface area contributed by atoms with Crippen LogP contribution in [-0.2, 0) is 42.8 Å².